The van der Waals surface area contributed by atoms with E-state index in [4.69, 9.17) is 9.47 Å². The SMILES string of the molecule is CCOC(=O)c1ccc(NC(=O)Nc2nc(SC)ncc2C(=O)OCC)cc1. The zero-order valence-electron chi connectivity index (χ0n) is 15.6. The molecule has 1 aromatic heterocycles. The Morgan fingerprint density at radius 2 is 1.64 bits per heavy atom. The highest BCUT2D eigenvalue weighted by Crippen LogP contribution is 2.18. The van der Waals surface area contributed by atoms with Crippen LogP contribution < -0.4 is 10.6 Å². The van der Waals surface area contributed by atoms with Crippen molar-refractivity contribution in [3.8, 4) is 0 Å². The van der Waals surface area contributed by atoms with E-state index in [1.807, 2.05) is 0 Å². The Morgan fingerprint density at radius 3 is 2.25 bits per heavy atom. The fraction of sp³-hybridized carbons (Fsp3) is 0.278. The molecule has 0 saturated heterocycles. The first kappa shape index (κ1) is 21.2. The van der Waals surface area contributed by atoms with Crippen LogP contribution >= 0.6 is 11.8 Å². The normalized spacial score (nSPS) is 10.1. The molecule has 0 radical (unpaired) electrons. The van der Waals surface area contributed by atoms with Crippen molar-refractivity contribution in [2.24, 2.45) is 0 Å². The maximum atomic E-state index is 12.3. The Bertz CT molecular complexity index is 858. The van der Waals surface area contributed by atoms with E-state index in [2.05, 4.69) is 20.6 Å². The molecule has 2 amide bonds. The average molecular weight is 404 g/mol. The number of ether oxygens (including phenoxy) is 2. The molecule has 2 rings (SSSR count). The fourth-order valence-electron chi connectivity index (χ4n) is 2.09. The van der Waals surface area contributed by atoms with Gasteiger partial charge in [-0.05, 0) is 44.4 Å². The monoisotopic (exact) mass is 404 g/mol. The summed E-state index contributed by atoms with van der Waals surface area (Å²) in [5, 5.41) is 5.52. The zero-order valence-corrected chi connectivity index (χ0v) is 16.5. The smallest absolute Gasteiger partial charge is 0.343 e. The lowest BCUT2D eigenvalue weighted by molar-refractivity contribution is 0.0516. The van der Waals surface area contributed by atoms with Gasteiger partial charge in [0, 0.05) is 11.9 Å². The minimum Gasteiger partial charge on any atom is -0.462 e. The number of hydrogen-bond acceptors (Lipinski definition) is 8. The first-order valence-electron chi connectivity index (χ1n) is 8.41. The van der Waals surface area contributed by atoms with Gasteiger partial charge < -0.3 is 14.8 Å². The second-order valence-electron chi connectivity index (χ2n) is 5.22. The van der Waals surface area contributed by atoms with E-state index in [-0.39, 0.29) is 24.6 Å². The molecule has 0 aliphatic carbocycles. The van der Waals surface area contributed by atoms with E-state index in [0.29, 0.717) is 16.4 Å². The molecule has 28 heavy (non-hydrogen) atoms. The number of nitrogens with zero attached hydrogens (tertiary/aromatic N) is 2. The molecule has 0 saturated carbocycles. The summed E-state index contributed by atoms with van der Waals surface area (Å²) in [4.78, 5) is 44.2. The van der Waals surface area contributed by atoms with Crippen LogP contribution in [0.5, 0.6) is 0 Å². The molecule has 9 nitrogen and oxygen atoms in total. The Morgan fingerprint density at radius 1 is 1.00 bits per heavy atom. The van der Waals surface area contributed by atoms with Gasteiger partial charge in [-0.1, -0.05) is 11.8 Å². The van der Waals surface area contributed by atoms with E-state index < -0.39 is 18.0 Å². The molecule has 0 fully saturated rings. The summed E-state index contributed by atoms with van der Waals surface area (Å²) in [6.07, 6.45) is 3.08. The molecule has 2 N–H and O–H groups in total. The van der Waals surface area contributed by atoms with Gasteiger partial charge in [0.15, 0.2) is 11.0 Å². The van der Waals surface area contributed by atoms with Crippen molar-refractivity contribution in [2.75, 3.05) is 30.1 Å². The summed E-state index contributed by atoms with van der Waals surface area (Å²) in [5.41, 5.74) is 0.868. The van der Waals surface area contributed by atoms with Gasteiger partial charge in [0.05, 0.1) is 18.8 Å². The molecule has 0 atom stereocenters. The first-order valence-corrected chi connectivity index (χ1v) is 9.64. The minimum atomic E-state index is -0.635. The molecule has 0 bridgehead atoms. The predicted molar refractivity (Wildman–Crippen MR) is 105 cm³/mol. The number of anilines is 2. The van der Waals surface area contributed by atoms with E-state index in [1.165, 1.54) is 30.1 Å². The maximum Gasteiger partial charge on any atom is 0.343 e. The number of amides is 2. The minimum absolute atomic E-state index is 0.0402. The van der Waals surface area contributed by atoms with Crippen molar-refractivity contribution in [1.82, 2.24) is 9.97 Å². The van der Waals surface area contributed by atoms with Crippen LogP contribution in [0, 0.1) is 0 Å². The van der Waals surface area contributed by atoms with E-state index in [9.17, 15) is 14.4 Å². The number of urea groups is 1. The molecule has 0 spiro atoms. The van der Waals surface area contributed by atoms with Gasteiger partial charge in [-0.15, -0.1) is 0 Å². The number of hydrogen-bond donors (Lipinski definition) is 2. The highest BCUT2D eigenvalue weighted by Gasteiger charge is 2.18. The highest BCUT2D eigenvalue weighted by molar-refractivity contribution is 7.98. The fourth-order valence-corrected chi connectivity index (χ4v) is 2.43. The van der Waals surface area contributed by atoms with Crippen molar-refractivity contribution in [1.29, 1.82) is 0 Å². The third-order valence-corrected chi connectivity index (χ3v) is 3.89. The van der Waals surface area contributed by atoms with Gasteiger partial charge in [-0.3, -0.25) is 5.32 Å². The molecular formula is C18H20N4O5S. The quantitative estimate of drug-likeness (QED) is 0.410. The first-order chi connectivity index (χ1) is 13.5. The molecule has 0 aliphatic rings. The lowest BCUT2D eigenvalue weighted by Gasteiger charge is -2.11. The lowest BCUT2D eigenvalue weighted by atomic mass is 10.2. The number of carbonyl (C=O) groups is 3. The van der Waals surface area contributed by atoms with Crippen LogP contribution in [-0.2, 0) is 9.47 Å². The Hall–Kier alpha value is -3.14. The van der Waals surface area contributed by atoms with Crippen molar-refractivity contribution >= 4 is 41.2 Å². The lowest BCUT2D eigenvalue weighted by Crippen LogP contribution is -2.23. The molecule has 148 valence electrons. The summed E-state index contributed by atoms with van der Waals surface area (Å²) >= 11 is 1.27. The summed E-state index contributed by atoms with van der Waals surface area (Å²) in [6.45, 7) is 3.86. The molecule has 0 aliphatic heterocycles. The van der Waals surface area contributed by atoms with Crippen molar-refractivity contribution in [3.05, 3.63) is 41.6 Å². The molecule has 1 heterocycles. The van der Waals surface area contributed by atoms with Gasteiger partial charge in [0.2, 0.25) is 0 Å². The number of thioether (sulfide) groups is 1. The van der Waals surface area contributed by atoms with Crippen LogP contribution in [-0.4, -0.2) is 47.4 Å². The zero-order chi connectivity index (χ0) is 20.5. The summed E-state index contributed by atoms with van der Waals surface area (Å²) in [5.74, 6) is -1.04. The van der Waals surface area contributed by atoms with Crippen LogP contribution in [0.25, 0.3) is 0 Å². The number of aromatic nitrogens is 2. The van der Waals surface area contributed by atoms with Crippen LogP contribution in [0.15, 0.2) is 35.6 Å². The molecule has 1 aromatic carbocycles. The number of esters is 2. The third kappa shape index (κ3) is 5.68. The topological polar surface area (TPSA) is 120 Å². The van der Waals surface area contributed by atoms with Crippen molar-refractivity contribution < 1.29 is 23.9 Å². The Kier molecular flexibility index (Phi) is 7.76. The molecule has 10 heteroatoms. The van der Waals surface area contributed by atoms with Gasteiger partial charge >= 0.3 is 18.0 Å². The second kappa shape index (κ2) is 10.3. The van der Waals surface area contributed by atoms with Crippen molar-refractivity contribution in [2.45, 2.75) is 19.0 Å². The van der Waals surface area contributed by atoms with E-state index in [1.54, 1.807) is 32.2 Å². The van der Waals surface area contributed by atoms with Gasteiger partial charge in [0.25, 0.3) is 0 Å². The maximum absolute atomic E-state index is 12.3. The number of nitrogens with one attached hydrogen (secondary N) is 2. The number of rotatable bonds is 7. The van der Waals surface area contributed by atoms with Crippen LogP contribution in [0.2, 0.25) is 0 Å². The summed E-state index contributed by atoms with van der Waals surface area (Å²) < 4.78 is 9.86. The van der Waals surface area contributed by atoms with E-state index >= 15 is 0 Å². The Balaban J connectivity index is 2.11. The van der Waals surface area contributed by atoms with E-state index in [0.717, 1.165) is 0 Å². The van der Waals surface area contributed by atoms with Crippen LogP contribution in [0.3, 0.4) is 0 Å². The van der Waals surface area contributed by atoms with Gasteiger partial charge in [-0.2, -0.15) is 0 Å². The third-order valence-electron chi connectivity index (χ3n) is 3.33. The average Bonchev–Trinajstić information content (AvgIpc) is 2.68. The van der Waals surface area contributed by atoms with Gasteiger partial charge in [-0.25, -0.2) is 24.4 Å². The van der Waals surface area contributed by atoms with Crippen LogP contribution in [0.1, 0.15) is 34.6 Å². The predicted octanol–water partition coefficient (Wildman–Crippen LogP) is 3.20. The van der Waals surface area contributed by atoms with Gasteiger partial charge in [0.1, 0.15) is 5.56 Å². The summed E-state index contributed by atoms with van der Waals surface area (Å²) in [7, 11) is 0. The standard InChI is InChI=1S/C18H20N4O5S/c1-4-26-15(23)11-6-8-12(9-7-11)20-17(25)21-14-13(16(24)27-5-2)10-19-18(22-14)28-3/h6-10H,4-5H2,1-3H3,(H2,19,20,21,22,25). The largest absolute Gasteiger partial charge is 0.462 e. The van der Waals surface area contributed by atoms with Crippen molar-refractivity contribution in [3.63, 3.8) is 0 Å². The van der Waals surface area contributed by atoms with Crippen LogP contribution in [0.4, 0.5) is 16.3 Å². The Labute approximate surface area is 166 Å². The second-order valence-corrected chi connectivity index (χ2v) is 5.99. The molecule has 2 aromatic rings. The highest BCUT2D eigenvalue weighted by atomic mass is 32.2. The number of benzene rings is 1. The molecular weight excluding hydrogens is 384 g/mol. The number of carbonyl (C=O) groups excluding carboxylic acids is 3. The molecule has 0 unspecified atom stereocenters. The summed E-state index contributed by atoms with van der Waals surface area (Å²) in [6, 6.07) is 5.58.